The van der Waals surface area contributed by atoms with E-state index in [0.29, 0.717) is 6.42 Å². The van der Waals surface area contributed by atoms with E-state index in [1.54, 1.807) is 0 Å². The van der Waals surface area contributed by atoms with Crippen LogP contribution in [0.2, 0.25) is 0 Å². The molecule has 2 fully saturated rings. The Hall–Kier alpha value is -1.23. The van der Waals surface area contributed by atoms with Crippen LogP contribution in [0.4, 0.5) is 0 Å². The fraction of sp³-hybridized carbons (Fsp3) is 0.889. The van der Waals surface area contributed by atoms with Crippen LogP contribution in [0.1, 0.15) is 131 Å². The van der Waals surface area contributed by atoms with Gasteiger partial charge in [0.2, 0.25) is 11.8 Å². The van der Waals surface area contributed by atoms with E-state index in [4.69, 9.17) is 0 Å². The number of rotatable bonds is 13. The molecule has 0 spiro atoms. The number of piperidine rings is 1. The molecular formula is C27H48N2O3. The first-order chi connectivity index (χ1) is 14.9. The molecule has 0 bridgehead atoms. The zero-order chi connectivity index (χ0) is 24.0. The Kier molecular flexibility index (Phi) is 9.51. The van der Waals surface area contributed by atoms with Gasteiger partial charge in [-0.05, 0) is 53.9 Å². The van der Waals surface area contributed by atoms with E-state index in [-0.39, 0.29) is 41.1 Å². The van der Waals surface area contributed by atoms with Crippen molar-refractivity contribution in [2.24, 2.45) is 5.41 Å². The van der Waals surface area contributed by atoms with Crippen LogP contribution in [0.5, 0.6) is 0 Å². The normalized spacial score (nSPS) is 25.5. The average molecular weight is 449 g/mol. The molecule has 0 aromatic heterocycles. The van der Waals surface area contributed by atoms with Crippen molar-refractivity contribution in [3.8, 4) is 0 Å². The monoisotopic (exact) mass is 448 g/mol. The van der Waals surface area contributed by atoms with Crippen LogP contribution in [0.15, 0.2) is 0 Å². The van der Waals surface area contributed by atoms with Gasteiger partial charge in [0.05, 0.1) is 0 Å². The van der Waals surface area contributed by atoms with E-state index in [9.17, 15) is 14.4 Å². The maximum atomic E-state index is 13.6. The Balaban J connectivity index is 1.91. The molecule has 1 atom stereocenters. The number of ketones is 1. The second kappa shape index (κ2) is 11.3. The number of Topliss-reactive ketones (excluding diaryl/α,β-unsaturated/α-hetero) is 1. The third kappa shape index (κ3) is 6.88. The lowest BCUT2D eigenvalue weighted by Gasteiger charge is -2.48. The Morgan fingerprint density at radius 3 is 1.81 bits per heavy atom. The molecule has 0 saturated carbocycles. The summed E-state index contributed by atoms with van der Waals surface area (Å²) in [5, 5.41) is 3.62. The van der Waals surface area contributed by atoms with Crippen molar-refractivity contribution in [3.63, 3.8) is 0 Å². The number of carbonyl (C=O) groups excluding carboxylic acids is 3. The largest absolute Gasteiger partial charge is 0.307 e. The summed E-state index contributed by atoms with van der Waals surface area (Å²) in [5.41, 5.74) is -1.45. The molecule has 2 amide bonds. The van der Waals surface area contributed by atoms with Crippen LogP contribution < -0.4 is 5.32 Å². The highest BCUT2D eigenvalue weighted by molar-refractivity contribution is 6.17. The number of likely N-dealkylation sites (tertiary alicyclic amines) is 1. The van der Waals surface area contributed by atoms with E-state index in [0.717, 1.165) is 32.1 Å². The molecule has 184 valence electrons. The van der Waals surface area contributed by atoms with Gasteiger partial charge < -0.3 is 5.32 Å². The van der Waals surface area contributed by atoms with Crippen LogP contribution in [-0.2, 0) is 14.4 Å². The van der Waals surface area contributed by atoms with Crippen LogP contribution >= 0.6 is 0 Å². The van der Waals surface area contributed by atoms with Crippen LogP contribution in [0, 0.1) is 5.41 Å². The molecule has 2 heterocycles. The second-order valence-corrected chi connectivity index (χ2v) is 11.8. The number of nitrogens with zero attached hydrogens (tertiary/aromatic N) is 1. The van der Waals surface area contributed by atoms with Crippen LogP contribution in [0.3, 0.4) is 0 Å². The highest BCUT2D eigenvalue weighted by atomic mass is 16.2. The van der Waals surface area contributed by atoms with Gasteiger partial charge in [-0.15, -0.1) is 0 Å². The Labute approximate surface area is 196 Å². The SMILES string of the molecule is CCCCCCCCCCCCC1(C(C)=O)CC(=O)N(C2CC(C)(C)NC(C)(C)C2)C1=O. The first kappa shape index (κ1) is 27.0. The fourth-order valence-electron chi connectivity index (χ4n) is 6.14. The molecule has 2 saturated heterocycles. The van der Waals surface area contributed by atoms with Gasteiger partial charge in [-0.25, -0.2) is 0 Å². The Morgan fingerprint density at radius 1 is 0.875 bits per heavy atom. The minimum atomic E-state index is -1.13. The number of imide groups is 1. The summed E-state index contributed by atoms with van der Waals surface area (Å²) in [6.07, 6.45) is 14.1. The topological polar surface area (TPSA) is 66.5 Å². The van der Waals surface area contributed by atoms with Gasteiger partial charge >= 0.3 is 0 Å². The van der Waals surface area contributed by atoms with Crippen molar-refractivity contribution >= 4 is 17.6 Å². The molecular weight excluding hydrogens is 400 g/mol. The third-order valence-corrected chi connectivity index (χ3v) is 7.51. The molecule has 32 heavy (non-hydrogen) atoms. The zero-order valence-corrected chi connectivity index (χ0v) is 21.6. The molecule has 1 unspecified atom stereocenters. The van der Waals surface area contributed by atoms with Crippen molar-refractivity contribution in [2.45, 2.75) is 149 Å². The lowest BCUT2D eigenvalue weighted by molar-refractivity contribution is -0.148. The van der Waals surface area contributed by atoms with Gasteiger partial charge in [-0.1, -0.05) is 71.1 Å². The molecule has 0 aromatic rings. The minimum absolute atomic E-state index is 0.0589. The van der Waals surface area contributed by atoms with Gasteiger partial charge in [0.25, 0.3) is 0 Å². The summed E-state index contributed by atoms with van der Waals surface area (Å²) < 4.78 is 0. The predicted molar refractivity (Wildman–Crippen MR) is 130 cm³/mol. The second-order valence-electron chi connectivity index (χ2n) is 11.8. The van der Waals surface area contributed by atoms with E-state index < -0.39 is 5.41 Å². The van der Waals surface area contributed by atoms with Gasteiger partial charge in [0, 0.05) is 23.5 Å². The number of amides is 2. The molecule has 0 radical (unpaired) electrons. The number of carbonyl (C=O) groups is 3. The quantitative estimate of drug-likeness (QED) is 0.215. The van der Waals surface area contributed by atoms with Crippen molar-refractivity contribution in [1.29, 1.82) is 0 Å². The lowest BCUT2D eigenvalue weighted by Crippen LogP contribution is -2.63. The molecule has 0 aromatic carbocycles. The van der Waals surface area contributed by atoms with E-state index in [1.807, 2.05) is 0 Å². The Morgan fingerprint density at radius 2 is 1.34 bits per heavy atom. The molecule has 1 N–H and O–H groups in total. The highest BCUT2D eigenvalue weighted by Crippen LogP contribution is 2.43. The van der Waals surface area contributed by atoms with Gasteiger partial charge in [0.1, 0.15) is 11.2 Å². The summed E-state index contributed by atoms with van der Waals surface area (Å²) in [5.74, 6) is -0.526. The highest BCUT2D eigenvalue weighted by Gasteiger charge is 2.57. The summed E-state index contributed by atoms with van der Waals surface area (Å²) in [4.78, 5) is 40.8. The number of hydrogen-bond acceptors (Lipinski definition) is 4. The van der Waals surface area contributed by atoms with Gasteiger partial charge in [-0.3, -0.25) is 19.3 Å². The van der Waals surface area contributed by atoms with Gasteiger partial charge in [-0.2, -0.15) is 0 Å². The van der Waals surface area contributed by atoms with Crippen molar-refractivity contribution < 1.29 is 14.4 Å². The molecule has 0 aliphatic carbocycles. The number of unbranched alkanes of at least 4 members (excludes halogenated alkanes) is 9. The maximum absolute atomic E-state index is 13.6. The van der Waals surface area contributed by atoms with Crippen LogP contribution in [0.25, 0.3) is 0 Å². The van der Waals surface area contributed by atoms with Crippen molar-refractivity contribution in [3.05, 3.63) is 0 Å². The van der Waals surface area contributed by atoms with E-state index in [2.05, 4.69) is 39.9 Å². The first-order valence-electron chi connectivity index (χ1n) is 13.1. The van der Waals surface area contributed by atoms with E-state index >= 15 is 0 Å². The number of hydrogen-bond donors (Lipinski definition) is 1. The smallest absolute Gasteiger partial charge is 0.243 e. The Bertz CT molecular complexity index is 654. The van der Waals surface area contributed by atoms with Crippen molar-refractivity contribution in [2.75, 3.05) is 0 Å². The van der Waals surface area contributed by atoms with E-state index in [1.165, 1.54) is 56.8 Å². The molecule has 5 nitrogen and oxygen atoms in total. The lowest BCUT2D eigenvalue weighted by atomic mass is 9.76. The summed E-state index contributed by atoms with van der Waals surface area (Å²) in [7, 11) is 0. The zero-order valence-electron chi connectivity index (χ0n) is 21.6. The summed E-state index contributed by atoms with van der Waals surface area (Å²) in [6.45, 7) is 12.2. The third-order valence-electron chi connectivity index (χ3n) is 7.51. The fourth-order valence-corrected chi connectivity index (χ4v) is 6.14. The maximum Gasteiger partial charge on any atom is 0.243 e. The standard InChI is InChI=1S/C27H48N2O3/c1-7-8-9-10-11-12-13-14-15-16-17-27(21(2)30)20-23(31)29(24(27)32)22-18-25(3,4)28-26(5,6)19-22/h22,28H,7-20H2,1-6H3. The molecule has 2 aliphatic heterocycles. The van der Waals surface area contributed by atoms with Crippen LogP contribution in [-0.4, -0.2) is 39.6 Å². The first-order valence-corrected chi connectivity index (χ1v) is 13.1. The van der Waals surface area contributed by atoms with Crippen molar-refractivity contribution in [1.82, 2.24) is 10.2 Å². The number of nitrogens with one attached hydrogen (secondary N) is 1. The molecule has 5 heteroatoms. The predicted octanol–water partition coefficient (Wildman–Crippen LogP) is 5.94. The van der Waals surface area contributed by atoms with Gasteiger partial charge in [0.15, 0.2) is 0 Å². The average Bonchev–Trinajstić information content (AvgIpc) is 2.91. The summed E-state index contributed by atoms with van der Waals surface area (Å²) in [6, 6.07) is -0.143. The molecule has 2 rings (SSSR count). The molecule has 2 aliphatic rings. The summed E-state index contributed by atoms with van der Waals surface area (Å²) >= 11 is 0. The minimum Gasteiger partial charge on any atom is -0.307 e.